The van der Waals surface area contributed by atoms with Crippen LogP contribution in [0.15, 0.2) is 48.5 Å². The average molecular weight is 413 g/mol. The van der Waals surface area contributed by atoms with Crippen molar-refractivity contribution >= 4 is 17.7 Å². The van der Waals surface area contributed by atoms with Crippen LogP contribution in [0, 0.1) is 6.92 Å². The summed E-state index contributed by atoms with van der Waals surface area (Å²) < 4.78 is 10.9. The van der Waals surface area contributed by atoms with Gasteiger partial charge in [0.1, 0.15) is 11.5 Å². The molecular weight excluding hydrogens is 386 g/mol. The number of amides is 3. The lowest BCUT2D eigenvalue weighted by molar-refractivity contribution is -0.132. The first-order valence-electron chi connectivity index (χ1n) is 9.72. The maximum atomic E-state index is 12.1. The molecule has 160 valence electrons. The van der Waals surface area contributed by atoms with Crippen LogP contribution in [0.3, 0.4) is 0 Å². The van der Waals surface area contributed by atoms with Gasteiger partial charge in [0.25, 0.3) is 11.8 Å². The Balaban J connectivity index is 1.68. The van der Waals surface area contributed by atoms with Crippen molar-refractivity contribution in [1.82, 2.24) is 16.2 Å². The van der Waals surface area contributed by atoms with Crippen LogP contribution in [0.25, 0.3) is 0 Å². The second kappa shape index (κ2) is 11.5. The van der Waals surface area contributed by atoms with Gasteiger partial charge in [-0.15, -0.1) is 0 Å². The molecule has 0 aliphatic rings. The maximum absolute atomic E-state index is 12.1. The fourth-order valence-corrected chi connectivity index (χ4v) is 2.55. The van der Waals surface area contributed by atoms with Gasteiger partial charge in [0.2, 0.25) is 5.91 Å². The third-order valence-electron chi connectivity index (χ3n) is 4.17. The number of hydrazine groups is 1. The number of benzene rings is 2. The molecule has 3 N–H and O–H groups in total. The monoisotopic (exact) mass is 413 g/mol. The molecule has 8 nitrogen and oxygen atoms in total. The fourth-order valence-electron chi connectivity index (χ4n) is 2.55. The molecule has 0 saturated heterocycles. The van der Waals surface area contributed by atoms with E-state index in [1.54, 1.807) is 43.3 Å². The molecular formula is C22H27N3O5. The minimum atomic E-state index is -0.816. The van der Waals surface area contributed by atoms with Gasteiger partial charge in [-0.2, -0.15) is 0 Å². The number of hydrogen-bond donors (Lipinski definition) is 3. The minimum absolute atomic E-state index is 0.0199. The van der Waals surface area contributed by atoms with Gasteiger partial charge >= 0.3 is 0 Å². The van der Waals surface area contributed by atoms with Crippen molar-refractivity contribution in [3.8, 4) is 11.5 Å². The molecule has 0 fully saturated rings. The van der Waals surface area contributed by atoms with E-state index >= 15 is 0 Å². The highest BCUT2D eigenvalue weighted by atomic mass is 16.5. The maximum Gasteiger partial charge on any atom is 0.279 e. The summed E-state index contributed by atoms with van der Waals surface area (Å²) in [6.45, 7) is 6.01. The number of ether oxygens (including phenoxy) is 2. The second-order valence-corrected chi connectivity index (χ2v) is 6.52. The fraction of sp³-hybridized carbons (Fsp3) is 0.318. The van der Waals surface area contributed by atoms with E-state index in [1.807, 2.05) is 26.0 Å². The molecule has 0 heterocycles. The summed E-state index contributed by atoms with van der Waals surface area (Å²) in [5, 5.41) is 2.68. The Morgan fingerprint density at radius 1 is 0.967 bits per heavy atom. The first kappa shape index (κ1) is 22.7. The second-order valence-electron chi connectivity index (χ2n) is 6.52. The molecule has 0 spiro atoms. The largest absolute Gasteiger partial charge is 0.494 e. The molecule has 1 atom stereocenters. The smallest absolute Gasteiger partial charge is 0.279 e. The van der Waals surface area contributed by atoms with E-state index in [0.717, 1.165) is 5.56 Å². The lowest BCUT2D eigenvalue weighted by Crippen LogP contribution is -2.47. The quantitative estimate of drug-likeness (QED) is 0.546. The standard InChI is InChI=1S/C22H27N3O5/c1-4-29-17-9-11-18(12-10-17)30-16(3)21(27)25-24-20(26)13-14-23-22(28)19-8-6-5-7-15(19)2/h5-12,16H,4,13-14H2,1-3H3,(H,23,28)(H,24,26)(H,25,27)/t16-/m0/s1. The van der Waals surface area contributed by atoms with Crippen molar-refractivity contribution in [1.29, 1.82) is 0 Å². The van der Waals surface area contributed by atoms with Gasteiger partial charge in [-0.3, -0.25) is 25.2 Å². The van der Waals surface area contributed by atoms with E-state index in [9.17, 15) is 14.4 Å². The highest BCUT2D eigenvalue weighted by Gasteiger charge is 2.16. The molecule has 2 aromatic carbocycles. The third-order valence-corrected chi connectivity index (χ3v) is 4.17. The van der Waals surface area contributed by atoms with Crippen LogP contribution in [0.1, 0.15) is 36.2 Å². The molecule has 0 bridgehead atoms. The van der Waals surface area contributed by atoms with Crippen LogP contribution in [0.2, 0.25) is 0 Å². The van der Waals surface area contributed by atoms with Gasteiger partial charge in [-0.25, -0.2) is 0 Å². The Bertz CT molecular complexity index is 867. The molecule has 0 aliphatic carbocycles. The Morgan fingerprint density at radius 2 is 1.63 bits per heavy atom. The lowest BCUT2D eigenvalue weighted by Gasteiger charge is -2.15. The summed E-state index contributed by atoms with van der Waals surface area (Å²) in [7, 11) is 0. The van der Waals surface area contributed by atoms with Gasteiger partial charge in [-0.1, -0.05) is 18.2 Å². The predicted molar refractivity (Wildman–Crippen MR) is 112 cm³/mol. The zero-order valence-electron chi connectivity index (χ0n) is 17.4. The van der Waals surface area contributed by atoms with E-state index in [-0.39, 0.29) is 18.9 Å². The Hall–Kier alpha value is -3.55. The van der Waals surface area contributed by atoms with Crippen molar-refractivity contribution in [2.24, 2.45) is 0 Å². The minimum Gasteiger partial charge on any atom is -0.494 e. The summed E-state index contributed by atoms with van der Waals surface area (Å²) in [4.78, 5) is 36.1. The van der Waals surface area contributed by atoms with Crippen molar-refractivity contribution in [2.75, 3.05) is 13.2 Å². The van der Waals surface area contributed by atoms with Gasteiger partial charge in [0.15, 0.2) is 6.10 Å². The van der Waals surface area contributed by atoms with E-state index in [1.165, 1.54) is 0 Å². The van der Waals surface area contributed by atoms with Crippen LogP contribution >= 0.6 is 0 Å². The Labute approximate surface area is 175 Å². The topological polar surface area (TPSA) is 106 Å². The molecule has 0 unspecified atom stereocenters. The van der Waals surface area contributed by atoms with Crippen molar-refractivity contribution in [3.63, 3.8) is 0 Å². The normalized spacial score (nSPS) is 11.2. The Kier molecular flexibility index (Phi) is 8.68. The van der Waals surface area contributed by atoms with Gasteiger partial charge in [0, 0.05) is 18.5 Å². The number of carbonyl (C=O) groups excluding carboxylic acids is 3. The van der Waals surface area contributed by atoms with Crippen molar-refractivity contribution in [2.45, 2.75) is 33.3 Å². The first-order valence-corrected chi connectivity index (χ1v) is 9.72. The van der Waals surface area contributed by atoms with E-state index in [2.05, 4.69) is 16.2 Å². The molecule has 0 saturated carbocycles. The van der Waals surface area contributed by atoms with E-state index < -0.39 is 17.9 Å². The molecule has 0 radical (unpaired) electrons. The van der Waals surface area contributed by atoms with E-state index in [4.69, 9.17) is 9.47 Å². The molecule has 2 aromatic rings. The summed E-state index contributed by atoms with van der Waals surface area (Å²) in [5.41, 5.74) is 6.04. The van der Waals surface area contributed by atoms with Crippen LogP contribution < -0.4 is 25.6 Å². The predicted octanol–water partition coefficient (Wildman–Crippen LogP) is 2.13. The van der Waals surface area contributed by atoms with Gasteiger partial charge in [0.05, 0.1) is 6.61 Å². The number of nitrogens with one attached hydrogen (secondary N) is 3. The lowest BCUT2D eigenvalue weighted by atomic mass is 10.1. The summed E-state index contributed by atoms with van der Waals surface area (Å²) in [6, 6.07) is 14.1. The van der Waals surface area contributed by atoms with Crippen LogP contribution in [0.4, 0.5) is 0 Å². The SMILES string of the molecule is CCOc1ccc(O[C@@H](C)C(=O)NNC(=O)CCNC(=O)c2ccccc2C)cc1. The molecule has 30 heavy (non-hydrogen) atoms. The number of carbonyl (C=O) groups is 3. The zero-order valence-corrected chi connectivity index (χ0v) is 17.4. The molecule has 0 aliphatic heterocycles. The number of rotatable bonds is 9. The van der Waals surface area contributed by atoms with E-state index in [0.29, 0.717) is 23.7 Å². The Morgan fingerprint density at radius 3 is 2.30 bits per heavy atom. The zero-order chi connectivity index (χ0) is 21.9. The van der Waals surface area contributed by atoms with Crippen molar-refractivity contribution < 1.29 is 23.9 Å². The summed E-state index contributed by atoms with van der Waals surface area (Å²) in [5.74, 6) is 0.0419. The molecule has 0 aromatic heterocycles. The third kappa shape index (κ3) is 7.12. The summed E-state index contributed by atoms with van der Waals surface area (Å²) >= 11 is 0. The molecule has 2 rings (SSSR count). The van der Waals surface area contributed by atoms with Crippen LogP contribution in [-0.4, -0.2) is 37.0 Å². The van der Waals surface area contributed by atoms with Gasteiger partial charge in [-0.05, 0) is 56.7 Å². The average Bonchev–Trinajstić information content (AvgIpc) is 2.73. The number of hydrogen-bond acceptors (Lipinski definition) is 5. The van der Waals surface area contributed by atoms with Gasteiger partial charge < -0.3 is 14.8 Å². The van der Waals surface area contributed by atoms with Crippen LogP contribution in [0.5, 0.6) is 11.5 Å². The highest BCUT2D eigenvalue weighted by molar-refractivity contribution is 5.95. The number of aryl methyl sites for hydroxylation is 1. The van der Waals surface area contributed by atoms with Crippen molar-refractivity contribution in [3.05, 3.63) is 59.7 Å². The summed E-state index contributed by atoms with van der Waals surface area (Å²) in [6.07, 6.45) is -0.796. The first-order chi connectivity index (χ1) is 14.4. The molecule has 8 heteroatoms. The van der Waals surface area contributed by atoms with Crippen LogP contribution in [-0.2, 0) is 9.59 Å². The molecule has 3 amide bonds. The highest BCUT2D eigenvalue weighted by Crippen LogP contribution is 2.18.